The summed E-state index contributed by atoms with van der Waals surface area (Å²) >= 11 is 0. The van der Waals surface area contributed by atoms with Crippen molar-refractivity contribution in [2.75, 3.05) is 31.5 Å². The molecule has 2 amide bonds. The van der Waals surface area contributed by atoms with Gasteiger partial charge in [0.25, 0.3) is 0 Å². The van der Waals surface area contributed by atoms with Gasteiger partial charge in [0.05, 0.1) is 12.7 Å². The molecule has 1 aromatic rings. The zero-order valence-electron chi connectivity index (χ0n) is 16.0. The van der Waals surface area contributed by atoms with Crippen molar-refractivity contribution < 1.29 is 9.53 Å². The molecular formula is C21H31N3O2. The number of carbonyl (C=O) groups excluding carboxylic acids is 1. The minimum Gasteiger partial charge on any atom is -0.374 e. The van der Waals surface area contributed by atoms with Gasteiger partial charge in [0.1, 0.15) is 0 Å². The Balaban J connectivity index is 1.34. The fraction of sp³-hybridized carbons (Fsp3) is 0.667. The number of carbonyl (C=O) groups is 1. The summed E-state index contributed by atoms with van der Waals surface area (Å²) < 4.78 is 5.66. The normalized spacial score (nSPS) is 28.3. The van der Waals surface area contributed by atoms with Gasteiger partial charge in [-0.05, 0) is 62.8 Å². The van der Waals surface area contributed by atoms with Crippen LogP contribution in [0.25, 0.3) is 0 Å². The summed E-state index contributed by atoms with van der Waals surface area (Å²) in [6, 6.07) is 8.74. The molecule has 3 saturated heterocycles. The van der Waals surface area contributed by atoms with E-state index in [9.17, 15) is 4.79 Å². The Kier molecular flexibility index (Phi) is 5.18. The van der Waals surface area contributed by atoms with E-state index in [2.05, 4.69) is 10.2 Å². The summed E-state index contributed by atoms with van der Waals surface area (Å²) in [6.45, 7) is 8.89. The van der Waals surface area contributed by atoms with E-state index >= 15 is 0 Å². The molecule has 0 bridgehead atoms. The molecule has 1 N–H and O–H groups in total. The van der Waals surface area contributed by atoms with Crippen LogP contribution in [-0.2, 0) is 11.3 Å². The molecule has 5 nitrogen and oxygen atoms in total. The van der Waals surface area contributed by atoms with Crippen molar-refractivity contribution in [2.45, 2.75) is 51.9 Å². The SMILES string of the molecule is CC(C)OCc1cccc(NC(=O)N2CC3CN4CCCCC4C3C2)c1. The fourth-order valence-corrected chi connectivity index (χ4v) is 4.93. The van der Waals surface area contributed by atoms with E-state index in [1.165, 1.54) is 32.4 Å². The summed E-state index contributed by atoms with van der Waals surface area (Å²) in [4.78, 5) is 17.5. The molecule has 0 aliphatic carbocycles. The van der Waals surface area contributed by atoms with Crippen molar-refractivity contribution in [3.8, 4) is 0 Å². The Bertz CT molecular complexity index is 648. The number of piperidine rings is 1. The predicted octanol–water partition coefficient (Wildman–Crippen LogP) is 3.56. The molecule has 0 spiro atoms. The van der Waals surface area contributed by atoms with E-state index in [1.54, 1.807) is 0 Å². The molecule has 3 atom stereocenters. The highest BCUT2D eigenvalue weighted by atomic mass is 16.5. The molecule has 0 saturated carbocycles. The van der Waals surface area contributed by atoms with Gasteiger partial charge in [-0.25, -0.2) is 4.79 Å². The minimum absolute atomic E-state index is 0.0451. The maximum Gasteiger partial charge on any atom is 0.321 e. The summed E-state index contributed by atoms with van der Waals surface area (Å²) in [6.07, 6.45) is 4.21. The van der Waals surface area contributed by atoms with Gasteiger partial charge in [-0.3, -0.25) is 4.90 Å². The first-order valence-electron chi connectivity index (χ1n) is 10.1. The highest BCUT2D eigenvalue weighted by Gasteiger charge is 2.48. The monoisotopic (exact) mass is 357 g/mol. The molecule has 0 radical (unpaired) electrons. The number of nitrogens with zero attached hydrogens (tertiary/aromatic N) is 2. The van der Waals surface area contributed by atoms with E-state index in [-0.39, 0.29) is 12.1 Å². The van der Waals surface area contributed by atoms with Gasteiger partial charge in [0.15, 0.2) is 0 Å². The first-order chi connectivity index (χ1) is 12.6. The van der Waals surface area contributed by atoms with Crippen LogP contribution in [0, 0.1) is 11.8 Å². The third-order valence-electron chi connectivity index (χ3n) is 6.17. The maximum absolute atomic E-state index is 12.8. The number of hydrogen-bond donors (Lipinski definition) is 1. The molecule has 4 rings (SSSR count). The van der Waals surface area contributed by atoms with Gasteiger partial charge in [0, 0.05) is 31.4 Å². The second-order valence-electron chi connectivity index (χ2n) is 8.38. The van der Waals surface area contributed by atoms with Crippen molar-refractivity contribution >= 4 is 11.7 Å². The Labute approximate surface area is 156 Å². The van der Waals surface area contributed by atoms with Crippen LogP contribution in [0.4, 0.5) is 10.5 Å². The molecule has 26 heavy (non-hydrogen) atoms. The number of urea groups is 1. The zero-order valence-corrected chi connectivity index (χ0v) is 16.0. The summed E-state index contributed by atoms with van der Waals surface area (Å²) in [5.74, 6) is 1.33. The highest BCUT2D eigenvalue weighted by Crippen LogP contribution is 2.40. The van der Waals surface area contributed by atoms with Crippen molar-refractivity contribution in [1.82, 2.24) is 9.80 Å². The quantitative estimate of drug-likeness (QED) is 0.896. The smallest absolute Gasteiger partial charge is 0.321 e. The molecule has 142 valence electrons. The van der Waals surface area contributed by atoms with Gasteiger partial charge < -0.3 is 15.0 Å². The van der Waals surface area contributed by atoms with Crippen molar-refractivity contribution in [2.24, 2.45) is 11.8 Å². The molecule has 0 aromatic heterocycles. The molecule has 3 unspecified atom stereocenters. The Morgan fingerprint density at radius 3 is 3.00 bits per heavy atom. The summed E-state index contributed by atoms with van der Waals surface area (Å²) in [5.41, 5.74) is 1.95. The number of benzene rings is 1. The number of likely N-dealkylation sites (tertiary alicyclic amines) is 1. The van der Waals surface area contributed by atoms with Crippen LogP contribution in [0.15, 0.2) is 24.3 Å². The molecule has 3 aliphatic rings. The third-order valence-corrected chi connectivity index (χ3v) is 6.17. The average molecular weight is 357 g/mol. The van der Waals surface area contributed by atoms with Gasteiger partial charge in [-0.2, -0.15) is 0 Å². The number of hydrogen-bond acceptors (Lipinski definition) is 3. The van der Waals surface area contributed by atoms with Crippen LogP contribution in [-0.4, -0.2) is 54.2 Å². The van der Waals surface area contributed by atoms with Crippen molar-refractivity contribution in [3.63, 3.8) is 0 Å². The van der Waals surface area contributed by atoms with Crippen molar-refractivity contribution in [1.29, 1.82) is 0 Å². The molecule has 3 fully saturated rings. The maximum atomic E-state index is 12.8. The van der Waals surface area contributed by atoms with E-state index in [4.69, 9.17) is 4.74 Å². The number of fused-ring (bicyclic) bond motifs is 3. The van der Waals surface area contributed by atoms with E-state index in [0.717, 1.165) is 24.3 Å². The van der Waals surface area contributed by atoms with Gasteiger partial charge in [-0.15, -0.1) is 0 Å². The van der Waals surface area contributed by atoms with E-state index in [0.29, 0.717) is 24.5 Å². The number of rotatable bonds is 4. The Morgan fingerprint density at radius 2 is 2.15 bits per heavy atom. The van der Waals surface area contributed by atoms with E-state index < -0.39 is 0 Å². The van der Waals surface area contributed by atoms with Crippen LogP contribution >= 0.6 is 0 Å². The first kappa shape index (κ1) is 17.8. The van der Waals surface area contributed by atoms with Crippen LogP contribution < -0.4 is 5.32 Å². The number of amides is 2. The van der Waals surface area contributed by atoms with Crippen molar-refractivity contribution in [3.05, 3.63) is 29.8 Å². The second kappa shape index (κ2) is 7.57. The van der Waals surface area contributed by atoms with Gasteiger partial charge in [-0.1, -0.05) is 18.6 Å². The standard InChI is InChI=1S/C21H31N3O2/c1-15(2)26-14-16-6-5-7-18(10-16)22-21(25)24-12-17-11-23-9-4-3-8-20(23)19(17)13-24/h5-7,10,15,17,19-20H,3-4,8-9,11-14H2,1-2H3,(H,22,25). The Hall–Kier alpha value is -1.59. The lowest BCUT2D eigenvalue weighted by molar-refractivity contribution is 0.0657. The van der Waals surface area contributed by atoms with Crippen LogP contribution in [0.5, 0.6) is 0 Å². The molecule has 3 heterocycles. The Morgan fingerprint density at radius 1 is 1.27 bits per heavy atom. The summed E-state index contributed by atoms with van der Waals surface area (Å²) in [5, 5.41) is 3.09. The highest BCUT2D eigenvalue weighted by molar-refractivity contribution is 5.89. The van der Waals surface area contributed by atoms with Crippen LogP contribution in [0.2, 0.25) is 0 Å². The third kappa shape index (κ3) is 3.74. The zero-order chi connectivity index (χ0) is 18.1. The second-order valence-corrected chi connectivity index (χ2v) is 8.38. The average Bonchev–Trinajstić information content (AvgIpc) is 3.18. The van der Waals surface area contributed by atoms with Crippen LogP contribution in [0.1, 0.15) is 38.7 Å². The number of anilines is 1. The molecule has 1 aromatic carbocycles. The van der Waals surface area contributed by atoms with Gasteiger partial charge in [0.2, 0.25) is 0 Å². The van der Waals surface area contributed by atoms with Gasteiger partial charge >= 0.3 is 6.03 Å². The lowest BCUT2D eigenvalue weighted by Gasteiger charge is -2.33. The number of ether oxygens (including phenoxy) is 1. The topological polar surface area (TPSA) is 44.8 Å². The molecule has 5 heteroatoms. The molecular weight excluding hydrogens is 326 g/mol. The minimum atomic E-state index is 0.0451. The number of nitrogens with one attached hydrogen (secondary N) is 1. The largest absolute Gasteiger partial charge is 0.374 e. The summed E-state index contributed by atoms with van der Waals surface area (Å²) in [7, 11) is 0. The lowest BCUT2D eigenvalue weighted by Crippen LogP contribution is -2.41. The molecule has 3 aliphatic heterocycles. The fourth-order valence-electron chi connectivity index (χ4n) is 4.93. The predicted molar refractivity (Wildman–Crippen MR) is 103 cm³/mol. The van der Waals surface area contributed by atoms with E-state index in [1.807, 2.05) is 43.0 Å². The van der Waals surface area contributed by atoms with Crippen LogP contribution in [0.3, 0.4) is 0 Å². The lowest BCUT2D eigenvalue weighted by atomic mass is 9.90. The first-order valence-corrected chi connectivity index (χ1v) is 10.1.